The molecule has 2 amide bonds. The fourth-order valence-electron chi connectivity index (χ4n) is 10.3. The minimum absolute atomic E-state index is 0.00500. The van der Waals surface area contributed by atoms with Crippen LogP contribution in [-0.4, -0.2) is 112 Å². The average molecular weight is 1390 g/mol. The molecule has 0 aliphatic rings. The number of halogens is 7. The highest BCUT2D eigenvalue weighted by Crippen LogP contribution is 2.35. The molecule has 0 bridgehead atoms. The normalized spacial score (nSPS) is 12.0. The highest BCUT2D eigenvalue weighted by atomic mass is 35.5. The second-order valence-electron chi connectivity index (χ2n) is 23.2. The van der Waals surface area contributed by atoms with Crippen molar-refractivity contribution >= 4 is 107 Å². The zero-order chi connectivity index (χ0) is 70.1. The van der Waals surface area contributed by atoms with Crippen LogP contribution in [-0.2, 0) is 29.7 Å². The Kier molecular flexibility index (Phi) is 28.7. The van der Waals surface area contributed by atoms with Crippen molar-refractivity contribution in [1.82, 2.24) is 4.31 Å². The van der Waals surface area contributed by atoms with Gasteiger partial charge in [-0.05, 0) is 161 Å². The Balaban J connectivity index is 0.000000366. The predicted molar refractivity (Wildman–Crippen MR) is 364 cm³/mol. The molecule has 0 aromatic heterocycles. The van der Waals surface area contributed by atoms with E-state index in [1.165, 1.54) is 34.6 Å². The van der Waals surface area contributed by atoms with Gasteiger partial charge in [0.15, 0.2) is 23.3 Å². The summed E-state index contributed by atoms with van der Waals surface area (Å²) in [4.78, 5) is 51.0. The van der Waals surface area contributed by atoms with Gasteiger partial charge < -0.3 is 30.6 Å². The number of carboxylic acids is 1. The fraction of sp³-hybridized carbons (Fsp3) is 0.397. The molecule has 0 aliphatic carbocycles. The van der Waals surface area contributed by atoms with Gasteiger partial charge in [-0.1, -0.05) is 101 Å². The van der Waals surface area contributed by atoms with Crippen LogP contribution < -0.4 is 20.4 Å². The number of hydrogen-bond donors (Lipinski definition) is 5. The average Bonchev–Trinajstić information content (AvgIpc) is 0.784. The van der Waals surface area contributed by atoms with Gasteiger partial charge in [0.25, 0.3) is 21.9 Å². The topological polar surface area (TPSA) is 239 Å². The second kappa shape index (κ2) is 34.9. The number of benzene rings is 6. The lowest BCUT2D eigenvalue weighted by atomic mass is 9.95. The molecule has 94 heavy (non-hydrogen) atoms. The molecular formula is C68H82Cl2F5N7O10S2. The number of carbonyl (C=O) groups excluding carboxylic acids is 2. The van der Waals surface area contributed by atoms with Gasteiger partial charge in [-0.3, -0.25) is 14.1 Å². The van der Waals surface area contributed by atoms with Gasteiger partial charge >= 0.3 is 5.97 Å². The van der Waals surface area contributed by atoms with Gasteiger partial charge in [-0.15, -0.1) is 0 Å². The summed E-state index contributed by atoms with van der Waals surface area (Å²) in [5.74, 6) is -14.5. The van der Waals surface area contributed by atoms with Gasteiger partial charge in [0.1, 0.15) is 16.3 Å². The highest BCUT2D eigenvalue weighted by Gasteiger charge is 2.33. The number of carbonyl (C=O) groups is 3. The highest BCUT2D eigenvalue weighted by molar-refractivity contribution is 7.89. The first-order chi connectivity index (χ1) is 44.2. The number of unbranched alkanes of at least 4 members (excludes halogenated alkanes) is 10. The summed E-state index contributed by atoms with van der Waals surface area (Å²) in [7, 11) is -3.11. The first-order valence-corrected chi connectivity index (χ1v) is 34.3. The van der Waals surface area contributed by atoms with Crippen LogP contribution in [0.3, 0.4) is 0 Å². The largest absolute Gasteiger partial charge is 0.478 e. The van der Waals surface area contributed by atoms with Gasteiger partial charge in [0.2, 0.25) is 15.8 Å². The number of carboxylic acid groups (broad SMARTS) is 1. The van der Waals surface area contributed by atoms with E-state index in [2.05, 4.69) is 34.5 Å². The third kappa shape index (κ3) is 20.1. The third-order valence-corrected chi connectivity index (χ3v) is 19.2. The lowest BCUT2D eigenvalue weighted by Gasteiger charge is -2.24. The maximum Gasteiger partial charge on any atom is 0.335 e. The summed E-state index contributed by atoms with van der Waals surface area (Å²) < 4.78 is 136. The molecular weight excluding hydrogens is 1300 g/mol. The molecule has 6 aromatic carbocycles. The zero-order valence-electron chi connectivity index (χ0n) is 54.6. The SMILES string of the molecule is CCCCCCCCN(CCCCCCCC)S(=O)(=O)c1cc(C)c(NC(=O)C(=Nc2ccc(N(C)CCO)cc2C)c2c(F)c(F)c(F)c(F)c2F)cc1C.Cc1cc(N(C)C)ccc1N=C(C(=O)Nc1cc(Cl)c(S(=O)(=O)O)cc1Cl)c1c(C)cc(C(=O)O)cc1C. The Morgan fingerprint density at radius 1 is 0.511 bits per heavy atom. The fourth-order valence-corrected chi connectivity index (χ4v) is 13.4. The molecule has 17 nitrogen and oxygen atoms in total. The molecule has 6 aromatic rings. The van der Waals surface area contributed by atoms with Gasteiger partial charge in [-0.2, -0.15) is 12.7 Å². The molecule has 0 atom stereocenters. The molecule has 0 spiro atoms. The number of aliphatic imine (C=N–C) groups is 2. The van der Waals surface area contributed by atoms with E-state index >= 15 is 8.78 Å². The van der Waals surface area contributed by atoms with Crippen molar-refractivity contribution in [3.63, 3.8) is 0 Å². The van der Waals surface area contributed by atoms with Crippen molar-refractivity contribution in [3.8, 4) is 0 Å². The molecule has 5 N–H and O–H groups in total. The number of aliphatic hydroxyl groups is 1. The van der Waals surface area contributed by atoms with E-state index in [1.807, 2.05) is 38.1 Å². The number of nitrogens with one attached hydrogen (secondary N) is 2. The van der Waals surface area contributed by atoms with Gasteiger partial charge in [-0.25, -0.2) is 45.1 Å². The predicted octanol–water partition coefficient (Wildman–Crippen LogP) is 15.9. The summed E-state index contributed by atoms with van der Waals surface area (Å²) in [5.41, 5.74) is 2.74. The van der Waals surface area contributed by atoms with Crippen molar-refractivity contribution in [3.05, 3.63) is 162 Å². The van der Waals surface area contributed by atoms with E-state index in [0.717, 1.165) is 87.6 Å². The summed E-state index contributed by atoms with van der Waals surface area (Å²) in [5, 5.41) is 23.3. The minimum Gasteiger partial charge on any atom is -0.478 e. The summed E-state index contributed by atoms with van der Waals surface area (Å²) >= 11 is 12.2. The maximum atomic E-state index is 15.3. The number of anilines is 4. The number of rotatable bonds is 30. The van der Waals surface area contributed by atoms with Gasteiger partial charge in [0, 0.05) is 63.4 Å². The third-order valence-electron chi connectivity index (χ3n) is 15.6. The number of sulfonamides is 1. The van der Waals surface area contributed by atoms with Crippen LogP contribution in [0.4, 0.5) is 56.1 Å². The van der Waals surface area contributed by atoms with Crippen molar-refractivity contribution in [1.29, 1.82) is 0 Å². The smallest absolute Gasteiger partial charge is 0.335 e. The molecule has 0 aliphatic heterocycles. The number of aliphatic hydroxyl groups excluding tert-OH is 1. The van der Waals surface area contributed by atoms with E-state index in [1.54, 1.807) is 64.8 Å². The molecule has 0 unspecified atom stereocenters. The maximum absolute atomic E-state index is 15.3. The number of hydrogen-bond acceptors (Lipinski definition) is 12. The number of nitrogens with zero attached hydrogens (tertiary/aromatic N) is 5. The number of aryl methyl sites for hydroxylation is 6. The minimum atomic E-state index is -4.64. The molecule has 0 saturated heterocycles. The standard InChI is InChI=1S/C42H57F5N4O4S.C26H25Cl2N3O6S/c1-7-9-11-13-15-17-21-51(22-18-16-14-12-10-8-2)56(54,55)34-27-29(4)33(26-30(34)5)49-42(53)41(35-36(43)38(45)40(47)39(46)37(35)44)48-32-20-19-31(25-28(32)3)50(6)23-24-52;1-13-10-17(31(4)5)6-7-20(13)29-24(23-14(2)8-16(26(33)34)9-15(23)3)25(32)30-21-11-19(28)22(12-18(21)27)38(35,36)37/h19-20,25-27,52H,7-18,21-24H2,1-6H3,(H,49,53);6-12H,1-5H3,(H,30,32)(H,33,34)(H,35,36,37). The van der Waals surface area contributed by atoms with Crippen molar-refractivity contribution in [2.75, 3.05) is 67.8 Å². The Morgan fingerprint density at radius 3 is 1.44 bits per heavy atom. The van der Waals surface area contributed by atoms with Crippen LogP contribution in [0.1, 0.15) is 146 Å². The summed E-state index contributed by atoms with van der Waals surface area (Å²) in [6.07, 6.45) is 12.0. The molecule has 6 rings (SSSR count). The van der Waals surface area contributed by atoms with Crippen LogP contribution >= 0.6 is 23.2 Å². The van der Waals surface area contributed by atoms with Gasteiger partial charge in [0.05, 0.1) is 49.7 Å². The van der Waals surface area contributed by atoms with Crippen LogP contribution in [0.15, 0.2) is 92.6 Å². The van der Waals surface area contributed by atoms with E-state index in [9.17, 15) is 59.2 Å². The zero-order valence-corrected chi connectivity index (χ0v) is 57.8. The van der Waals surface area contributed by atoms with E-state index in [4.69, 9.17) is 23.2 Å². The first kappa shape index (κ1) is 77.4. The van der Waals surface area contributed by atoms with Crippen molar-refractivity contribution < 1.29 is 67.9 Å². The number of amides is 2. The number of likely N-dealkylation sites (N-methyl/N-ethyl adjacent to an activating group) is 1. The van der Waals surface area contributed by atoms with E-state index in [-0.39, 0.29) is 67.6 Å². The molecule has 0 radical (unpaired) electrons. The van der Waals surface area contributed by atoms with Crippen LogP contribution in [0.25, 0.3) is 0 Å². The molecule has 0 fully saturated rings. The Hall–Kier alpha value is -7.32. The van der Waals surface area contributed by atoms with Crippen molar-refractivity contribution in [2.24, 2.45) is 9.98 Å². The molecule has 26 heteroatoms. The lowest BCUT2D eigenvalue weighted by Crippen LogP contribution is -2.33. The first-order valence-electron chi connectivity index (χ1n) is 30.7. The molecule has 0 heterocycles. The Morgan fingerprint density at radius 2 is 0.968 bits per heavy atom. The molecule has 510 valence electrons. The Bertz CT molecular complexity index is 3990. The van der Waals surface area contributed by atoms with Crippen LogP contribution in [0.5, 0.6) is 0 Å². The van der Waals surface area contributed by atoms with Crippen LogP contribution in [0, 0.1) is 70.6 Å². The lowest BCUT2D eigenvalue weighted by molar-refractivity contribution is -0.111. The molecule has 0 saturated carbocycles. The summed E-state index contributed by atoms with van der Waals surface area (Å²) in [6, 6.07) is 17.8. The second-order valence-corrected chi connectivity index (χ2v) is 27.3. The monoisotopic (exact) mass is 1390 g/mol. The van der Waals surface area contributed by atoms with Crippen molar-refractivity contribution in [2.45, 2.75) is 142 Å². The number of aromatic carboxylic acids is 1. The van der Waals surface area contributed by atoms with E-state index in [0.29, 0.717) is 59.6 Å². The van der Waals surface area contributed by atoms with E-state index < -0.39 is 83.2 Å². The summed E-state index contributed by atoms with van der Waals surface area (Å²) in [6.45, 7) is 15.0. The Labute approximate surface area is 557 Å². The quantitative estimate of drug-likeness (QED) is 0.00707. The van der Waals surface area contributed by atoms with Crippen LogP contribution in [0.2, 0.25) is 10.0 Å².